The zero-order valence-corrected chi connectivity index (χ0v) is 13.6. The molecule has 1 aliphatic heterocycles. The average Bonchev–Trinajstić information content (AvgIpc) is 3.01. The maximum atomic E-state index is 12.5. The van der Waals surface area contributed by atoms with Crippen LogP contribution in [0.1, 0.15) is 38.7 Å². The summed E-state index contributed by atoms with van der Waals surface area (Å²) in [6.07, 6.45) is 0.750. The lowest BCUT2D eigenvalue weighted by Crippen LogP contribution is -2.34. The molecule has 5 nitrogen and oxygen atoms in total. The third kappa shape index (κ3) is 3.11. The summed E-state index contributed by atoms with van der Waals surface area (Å²) < 4.78 is 5.44. The van der Waals surface area contributed by atoms with Crippen molar-refractivity contribution in [2.45, 2.75) is 26.3 Å². The first-order valence-corrected chi connectivity index (χ1v) is 7.82. The summed E-state index contributed by atoms with van der Waals surface area (Å²) in [6.45, 7) is 4.33. The summed E-state index contributed by atoms with van der Waals surface area (Å²) in [4.78, 5) is 24.2. The average molecular weight is 325 g/mol. The molecule has 0 radical (unpaired) electrons. The summed E-state index contributed by atoms with van der Waals surface area (Å²) >= 11 is 0. The van der Waals surface area contributed by atoms with Gasteiger partial charge < -0.3 is 15.2 Å². The first-order chi connectivity index (χ1) is 11.5. The molecule has 24 heavy (non-hydrogen) atoms. The number of rotatable bonds is 4. The zero-order chi connectivity index (χ0) is 17.3. The highest BCUT2D eigenvalue weighted by Crippen LogP contribution is 2.28. The molecule has 1 atom stereocenters. The van der Waals surface area contributed by atoms with Crippen molar-refractivity contribution in [1.82, 2.24) is 5.32 Å². The molecule has 1 unspecified atom stereocenters. The van der Waals surface area contributed by atoms with E-state index in [1.54, 1.807) is 24.3 Å². The van der Waals surface area contributed by atoms with E-state index in [1.165, 1.54) is 0 Å². The van der Waals surface area contributed by atoms with Crippen molar-refractivity contribution in [2.75, 3.05) is 6.61 Å². The second-order valence-corrected chi connectivity index (χ2v) is 6.03. The molecule has 5 heteroatoms. The van der Waals surface area contributed by atoms with Crippen LogP contribution in [0.4, 0.5) is 0 Å². The van der Waals surface area contributed by atoms with Gasteiger partial charge in [-0.1, -0.05) is 23.8 Å². The molecule has 3 rings (SSSR count). The quantitative estimate of drug-likeness (QED) is 0.906. The van der Waals surface area contributed by atoms with Crippen molar-refractivity contribution < 1.29 is 19.4 Å². The second-order valence-electron chi connectivity index (χ2n) is 6.03. The Balaban J connectivity index is 1.88. The maximum absolute atomic E-state index is 12.5. The number of aliphatic carboxylic acids is 1. The Labute approximate surface area is 140 Å². The minimum Gasteiger partial charge on any atom is -0.493 e. The number of carboxylic acids is 1. The van der Waals surface area contributed by atoms with Gasteiger partial charge in [-0.3, -0.25) is 4.79 Å². The molecule has 1 amide bonds. The first-order valence-electron chi connectivity index (χ1n) is 7.82. The number of ether oxygens (including phenoxy) is 1. The van der Waals surface area contributed by atoms with Gasteiger partial charge >= 0.3 is 5.97 Å². The van der Waals surface area contributed by atoms with E-state index in [1.807, 2.05) is 26.0 Å². The van der Waals surface area contributed by atoms with E-state index >= 15 is 0 Å². The van der Waals surface area contributed by atoms with Crippen LogP contribution in [0, 0.1) is 13.8 Å². The van der Waals surface area contributed by atoms with Gasteiger partial charge in [-0.25, -0.2) is 4.79 Å². The summed E-state index contributed by atoms with van der Waals surface area (Å²) in [5.41, 5.74) is 3.77. The van der Waals surface area contributed by atoms with E-state index < -0.39 is 12.0 Å². The van der Waals surface area contributed by atoms with Gasteiger partial charge in [-0.05, 0) is 48.7 Å². The van der Waals surface area contributed by atoms with Crippen LogP contribution in [0.15, 0.2) is 36.4 Å². The number of hydrogen-bond donors (Lipinski definition) is 2. The Morgan fingerprint density at radius 3 is 2.71 bits per heavy atom. The summed E-state index contributed by atoms with van der Waals surface area (Å²) in [5.74, 6) is -0.698. The van der Waals surface area contributed by atoms with Crippen molar-refractivity contribution in [3.05, 3.63) is 64.2 Å². The number of nitrogens with one attached hydrogen (secondary N) is 1. The van der Waals surface area contributed by atoms with E-state index in [0.717, 1.165) is 28.9 Å². The standard InChI is InChI=1S/C19H19NO4/c1-11-3-4-12(2)15(9-11)18(21)20-17(19(22)23)14-5-6-16-13(10-14)7-8-24-16/h3-6,9-10,17H,7-8H2,1-2H3,(H,20,21)(H,22,23). The van der Waals surface area contributed by atoms with Gasteiger partial charge in [-0.15, -0.1) is 0 Å². The molecule has 0 saturated carbocycles. The molecule has 0 saturated heterocycles. The number of carbonyl (C=O) groups is 2. The SMILES string of the molecule is Cc1ccc(C)c(C(=O)NC(C(=O)O)c2ccc3c(c2)CCO3)c1. The number of fused-ring (bicyclic) bond motifs is 1. The minimum atomic E-state index is -1.09. The summed E-state index contributed by atoms with van der Waals surface area (Å²) in [7, 11) is 0. The number of aryl methyl sites for hydroxylation is 2. The molecule has 2 aromatic carbocycles. The Kier molecular flexibility index (Phi) is 4.25. The van der Waals surface area contributed by atoms with Crippen LogP contribution < -0.4 is 10.1 Å². The molecule has 0 aromatic heterocycles. The molecule has 1 heterocycles. The van der Waals surface area contributed by atoms with Crippen LogP contribution in [0.25, 0.3) is 0 Å². The Morgan fingerprint density at radius 1 is 1.17 bits per heavy atom. The van der Waals surface area contributed by atoms with Crippen molar-refractivity contribution in [2.24, 2.45) is 0 Å². The van der Waals surface area contributed by atoms with E-state index in [2.05, 4.69) is 5.32 Å². The van der Waals surface area contributed by atoms with Crippen molar-refractivity contribution in [1.29, 1.82) is 0 Å². The van der Waals surface area contributed by atoms with Gasteiger partial charge in [-0.2, -0.15) is 0 Å². The van der Waals surface area contributed by atoms with Gasteiger partial charge in [0.05, 0.1) is 6.61 Å². The third-order valence-electron chi connectivity index (χ3n) is 4.21. The van der Waals surface area contributed by atoms with Crippen molar-refractivity contribution in [3.8, 4) is 5.75 Å². The van der Waals surface area contributed by atoms with Gasteiger partial charge in [0.15, 0.2) is 6.04 Å². The molecule has 0 aliphatic carbocycles. The Morgan fingerprint density at radius 2 is 1.96 bits per heavy atom. The Bertz CT molecular complexity index is 813. The molecular weight excluding hydrogens is 306 g/mol. The number of amides is 1. The lowest BCUT2D eigenvalue weighted by Gasteiger charge is -2.17. The predicted molar refractivity (Wildman–Crippen MR) is 89.4 cm³/mol. The fraction of sp³-hybridized carbons (Fsp3) is 0.263. The van der Waals surface area contributed by atoms with Crippen LogP contribution in [0.5, 0.6) is 5.75 Å². The molecule has 2 N–H and O–H groups in total. The molecule has 0 fully saturated rings. The normalized spacial score (nSPS) is 13.8. The van der Waals surface area contributed by atoms with Gasteiger partial charge in [0.2, 0.25) is 0 Å². The van der Waals surface area contributed by atoms with E-state index in [0.29, 0.717) is 17.7 Å². The lowest BCUT2D eigenvalue weighted by molar-refractivity contribution is -0.139. The van der Waals surface area contributed by atoms with Crippen LogP contribution in [-0.4, -0.2) is 23.6 Å². The molecule has 0 spiro atoms. The third-order valence-corrected chi connectivity index (χ3v) is 4.21. The fourth-order valence-electron chi connectivity index (χ4n) is 2.86. The smallest absolute Gasteiger partial charge is 0.330 e. The molecular formula is C19H19NO4. The lowest BCUT2D eigenvalue weighted by atomic mass is 10.0. The first kappa shape index (κ1) is 16.1. The Hall–Kier alpha value is -2.82. The van der Waals surface area contributed by atoms with E-state index in [-0.39, 0.29) is 5.91 Å². The van der Waals surface area contributed by atoms with E-state index in [9.17, 15) is 14.7 Å². The monoisotopic (exact) mass is 325 g/mol. The number of carbonyl (C=O) groups excluding carboxylic acids is 1. The number of carboxylic acid groups (broad SMARTS) is 1. The van der Waals surface area contributed by atoms with Gasteiger partial charge in [0.25, 0.3) is 5.91 Å². The maximum Gasteiger partial charge on any atom is 0.330 e. The highest BCUT2D eigenvalue weighted by atomic mass is 16.5. The summed E-state index contributed by atoms with van der Waals surface area (Å²) in [6, 6.07) is 9.69. The van der Waals surface area contributed by atoms with Gasteiger partial charge in [0.1, 0.15) is 5.75 Å². The van der Waals surface area contributed by atoms with Crippen LogP contribution in [0.2, 0.25) is 0 Å². The topological polar surface area (TPSA) is 75.6 Å². The van der Waals surface area contributed by atoms with Gasteiger partial charge in [0, 0.05) is 12.0 Å². The highest BCUT2D eigenvalue weighted by molar-refractivity contribution is 5.98. The van der Waals surface area contributed by atoms with Crippen LogP contribution >= 0.6 is 0 Å². The summed E-state index contributed by atoms with van der Waals surface area (Å²) in [5, 5.41) is 12.2. The molecule has 2 aromatic rings. The van der Waals surface area contributed by atoms with E-state index in [4.69, 9.17) is 4.74 Å². The zero-order valence-electron chi connectivity index (χ0n) is 13.6. The second kappa shape index (κ2) is 6.35. The molecule has 0 bridgehead atoms. The van der Waals surface area contributed by atoms with Crippen molar-refractivity contribution in [3.63, 3.8) is 0 Å². The largest absolute Gasteiger partial charge is 0.493 e. The van der Waals surface area contributed by atoms with Crippen LogP contribution in [0.3, 0.4) is 0 Å². The van der Waals surface area contributed by atoms with Crippen LogP contribution in [-0.2, 0) is 11.2 Å². The predicted octanol–water partition coefficient (Wildman–Crippen LogP) is 2.79. The highest BCUT2D eigenvalue weighted by Gasteiger charge is 2.25. The fourth-order valence-corrected chi connectivity index (χ4v) is 2.86. The number of hydrogen-bond acceptors (Lipinski definition) is 3. The molecule has 124 valence electrons. The minimum absolute atomic E-state index is 0.389. The number of benzene rings is 2. The van der Waals surface area contributed by atoms with Crippen molar-refractivity contribution >= 4 is 11.9 Å². The molecule has 1 aliphatic rings.